The van der Waals surface area contributed by atoms with Gasteiger partial charge in [0.25, 0.3) is 0 Å². The molecular formula is C19H14FNO5. The largest absolute Gasteiger partial charge is 0.478 e. The first kappa shape index (κ1) is 17.3. The Morgan fingerprint density at radius 2 is 2.08 bits per heavy atom. The fraction of sp³-hybridized carbons (Fsp3) is 0.105. The van der Waals surface area contributed by atoms with Crippen LogP contribution in [0.15, 0.2) is 47.4 Å². The molecule has 6 nitrogen and oxygen atoms in total. The lowest BCUT2D eigenvalue weighted by atomic mass is 10.0. The van der Waals surface area contributed by atoms with E-state index in [-0.39, 0.29) is 23.4 Å². The van der Waals surface area contributed by atoms with Crippen molar-refractivity contribution >= 4 is 28.6 Å². The quantitative estimate of drug-likeness (QED) is 0.557. The number of para-hydroxylation sites is 1. The molecule has 0 fully saturated rings. The minimum absolute atomic E-state index is 0.0333. The van der Waals surface area contributed by atoms with Gasteiger partial charge < -0.3 is 14.3 Å². The van der Waals surface area contributed by atoms with E-state index >= 15 is 0 Å². The van der Waals surface area contributed by atoms with Crippen molar-refractivity contribution in [2.75, 3.05) is 7.11 Å². The van der Waals surface area contributed by atoms with Gasteiger partial charge in [0, 0.05) is 11.1 Å². The number of nitrogens with zero attached hydrogens (tertiary/aromatic N) is 1. The molecule has 0 saturated carbocycles. The molecule has 26 heavy (non-hydrogen) atoms. The molecular weight excluding hydrogens is 341 g/mol. The maximum atomic E-state index is 14.2. The number of halogens is 1. The molecule has 0 unspecified atom stereocenters. The normalized spacial score (nSPS) is 10.7. The van der Waals surface area contributed by atoms with Crippen molar-refractivity contribution < 1.29 is 28.2 Å². The van der Waals surface area contributed by atoms with Crippen LogP contribution in [0.4, 0.5) is 4.39 Å². The Balaban J connectivity index is 2.02. The zero-order valence-electron chi connectivity index (χ0n) is 13.8. The molecule has 132 valence electrons. The van der Waals surface area contributed by atoms with Gasteiger partial charge >= 0.3 is 11.9 Å². The number of aromatic nitrogens is 1. The van der Waals surface area contributed by atoms with Crippen molar-refractivity contribution in [3.63, 3.8) is 0 Å². The highest BCUT2D eigenvalue weighted by Crippen LogP contribution is 2.29. The van der Waals surface area contributed by atoms with Crippen LogP contribution in [0.2, 0.25) is 0 Å². The lowest BCUT2D eigenvalue weighted by Crippen LogP contribution is -2.04. The zero-order valence-corrected chi connectivity index (χ0v) is 13.8. The number of carboxylic acids is 1. The molecule has 0 bridgehead atoms. The van der Waals surface area contributed by atoms with Gasteiger partial charge in [-0.15, -0.1) is 0 Å². The maximum absolute atomic E-state index is 14.2. The highest BCUT2D eigenvalue weighted by Gasteiger charge is 2.17. The molecule has 1 heterocycles. The van der Waals surface area contributed by atoms with E-state index in [4.69, 9.17) is 9.52 Å². The minimum Gasteiger partial charge on any atom is -0.478 e. The van der Waals surface area contributed by atoms with Crippen LogP contribution in [0.5, 0.6) is 0 Å². The fourth-order valence-electron chi connectivity index (χ4n) is 2.51. The Hall–Kier alpha value is -3.48. The molecule has 0 aliphatic rings. The Morgan fingerprint density at radius 1 is 1.31 bits per heavy atom. The summed E-state index contributed by atoms with van der Waals surface area (Å²) in [6.45, 7) is 3.35. The second kappa shape index (κ2) is 6.79. The molecule has 0 aliphatic heterocycles. The number of benzene rings is 2. The number of ether oxygens (including phenoxy) is 1. The van der Waals surface area contributed by atoms with E-state index in [9.17, 15) is 14.0 Å². The van der Waals surface area contributed by atoms with E-state index in [2.05, 4.69) is 16.3 Å². The monoisotopic (exact) mass is 355 g/mol. The molecule has 0 atom stereocenters. The van der Waals surface area contributed by atoms with Crippen molar-refractivity contribution in [1.29, 1.82) is 0 Å². The number of carbonyl (C=O) groups is 2. The summed E-state index contributed by atoms with van der Waals surface area (Å²) in [5, 5.41) is 8.93. The van der Waals surface area contributed by atoms with Crippen molar-refractivity contribution in [2.45, 2.75) is 6.42 Å². The molecule has 0 aliphatic carbocycles. The van der Waals surface area contributed by atoms with Gasteiger partial charge in [-0.05, 0) is 23.8 Å². The summed E-state index contributed by atoms with van der Waals surface area (Å²) in [6, 6.07) is 9.07. The van der Waals surface area contributed by atoms with E-state index in [1.54, 1.807) is 18.2 Å². The smallest absolute Gasteiger partial charge is 0.335 e. The number of rotatable bonds is 5. The van der Waals surface area contributed by atoms with Gasteiger partial charge in [-0.3, -0.25) is 4.79 Å². The second-order valence-electron chi connectivity index (χ2n) is 5.51. The highest BCUT2D eigenvalue weighted by atomic mass is 19.1. The fourth-order valence-corrected chi connectivity index (χ4v) is 2.51. The van der Waals surface area contributed by atoms with Crippen LogP contribution in [0.1, 0.15) is 11.1 Å². The summed E-state index contributed by atoms with van der Waals surface area (Å²) >= 11 is 0. The maximum Gasteiger partial charge on any atom is 0.335 e. The first-order valence-electron chi connectivity index (χ1n) is 7.58. The minimum atomic E-state index is -1.30. The number of carbonyl (C=O) groups excluding carboxylic acids is 1. The number of fused-ring (bicyclic) bond motifs is 1. The number of hydrogen-bond donors (Lipinski definition) is 1. The second-order valence-corrected chi connectivity index (χ2v) is 5.51. The number of carboxylic acid groups (broad SMARTS) is 1. The average Bonchev–Trinajstić information content (AvgIpc) is 3.06. The molecule has 0 spiro atoms. The van der Waals surface area contributed by atoms with Gasteiger partial charge in [-0.25, -0.2) is 14.2 Å². The number of methoxy groups -OCH3 is 1. The molecule has 0 saturated heterocycles. The van der Waals surface area contributed by atoms with Crippen molar-refractivity contribution in [3.05, 3.63) is 59.9 Å². The van der Waals surface area contributed by atoms with Crippen molar-refractivity contribution in [2.24, 2.45) is 0 Å². The molecule has 1 N–H and O–H groups in total. The van der Waals surface area contributed by atoms with Gasteiger partial charge in [0.05, 0.1) is 19.1 Å². The summed E-state index contributed by atoms with van der Waals surface area (Å²) in [5.41, 5.74) is 1.44. The van der Waals surface area contributed by atoms with Crippen LogP contribution in [-0.4, -0.2) is 29.1 Å². The average molecular weight is 355 g/mol. The summed E-state index contributed by atoms with van der Waals surface area (Å²) in [4.78, 5) is 26.8. The lowest BCUT2D eigenvalue weighted by Gasteiger charge is -2.04. The van der Waals surface area contributed by atoms with Gasteiger partial charge in [0.2, 0.25) is 5.89 Å². The van der Waals surface area contributed by atoms with E-state index in [1.807, 2.05) is 0 Å². The predicted octanol–water partition coefficient (Wildman–Crippen LogP) is 3.45. The lowest BCUT2D eigenvalue weighted by molar-refractivity contribution is -0.139. The Labute approximate surface area is 147 Å². The zero-order chi connectivity index (χ0) is 18.8. The Bertz CT molecular complexity index is 1040. The van der Waals surface area contributed by atoms with Crippen LogP contribution in [0.25, 0.3) is 28.1 Å². The van der Waals surface area contributed by atoms with Gasteiger partial charge in [0.15, 0.2) is 5.58 Å². The molecule has 0 amide bonds. The molecule has 3 aromatic rings. The van der Waals surface area contributed by atoms with E-state index in [1.165, 1.54) is 19.2 Å². The summed E-state index contributed by atoms with van der Waals surface area (Å²) in [7, 11) is 1.30. The van der Waals surface area contributed by atoms with E-state index in [0.717, 1.165) is 6.07 Å². The highest BCUT2D eigenvalue weighted by molar-refractivity contribution is 6.14. The number of aliphatic carboxylic acids is 1. The standard InChI is InChI=1S/C19H14FNO5/c1-10(19(23)24)13-7-6-12(8-14(13)20)18-21-17-11(9-16(22)25-2)4-3-5-15(17)26-18/h3-8H,1,9H2,2H3,(H,23,24). The third-order valence-corrected chi connectivity index (χ3v) is 3.86. The number of oxazole rings is 1. The molecule has 0 radical (unpaired) electrons. The van der Waals surface area contributed by atoms with Crippen molar-refractivity contribution in [1.82, 2.24) is 4.98 Å². The summed E-state index contributed by atoms with van der Waals surface area (Å²) in [5.74, 6) is -2.30. The molecule has 3 rings (SSSR count). The number of esters is 1. The molecule has 2 aromatic carbocycles. The van der Waals surface area contributed by atoms with Crippen LogP contribution >= 0.6 is 0 Å². The Kier molecular flexibility index (Phi) is 4.53. The van der Waals surface area contributed by atoms with Gasteiger partial charge in [-0.2, -0.15) is 0 Å². The molecule has 1 aromatic heterocycles. The molecule has 7 heteroatoms. The van der Waals surface area contributed by atoms with Crippen LogP contribution in [-0.2, 0) is 20.7 Å². The van der Waals surface area contributed by atoms with Crippen LogP contribution in [0.3, 0.4) is 0 Å². The number of hydrogen-bond acceptors (Lipinski definition) is 5. The summed E-state index contributed by atoms with van der Waals surface area (Å²) in [6.07, 6.45) is 0.0333. The van der Waals surface area contributed by atoms with Gasteiger partial charge in [0.1, 0.15) is 11.3 Å². The Morgan fingerprint density at radius 3 is 2.73 bits per heavy atom. The van der Waals surface area contributed by atoms with Crippen LogP contribution < -0.4 is 0 Å². The van der Waals surface area contributed by atoms with Crippen LogP contribution in [0, 0.1) is 5.82 Å². The van der Waals surface area contributed by atoms with E-state index in [0.29, 0.717) is 22.2 Å². The predicted molar refractivity (Wildman–Crippen MR) is 91.8 cm³/mol. The third-order valence-electron chi connectivity index (χ3n) is 3.86. The topological polar surface area (TPSA) is 89.6 Å². The SMILES string of the molecule is C=C(C(=O)O)c1ccc(-c2nc3c(CC(=O)OC)cccc3o2)cc1F. The first-order valence-corrected chi connectivity index (χ1v) is 7.58. The first-order chi connectivity index (χ1) is 12.4. The van der Waals surface area contributed by atoms with Crippen molar-refractivity contribution in [3.8, 4) is 11.5 Å². The third kappa shape index (κ3) is 3.19. The summed E-state index contributed by atoms with van der Waals surface area (Å²) < 4.78 is 24.6. The van der Waals surface area contributed by atoms with Gasteiger partial charge in [-0.1, -0.05) is 24.8 Å². The van der Waals surface area contributed by atoms with E-state index < -0.39 is 17.8 Å².